The normalized spacial score (nSPS) is 34.7. The molecule has 4 saturated heterocycles. The van der Waals surface area contributed by atoms with E-state index in [4.69, 9.17) is 60.3 Å². The summed E-state index contributed by atoms with van der Waals surface area (Å²) in [5.74, 6) is -0.795. The van der Waals surface area contributed by atoms with Crippen molar-refractivity contribution in [1.82, 2.24) is 43.9 Å². The smallest absolute Gasteiger partial charge is 0.411 e. The summed E-state index contributed by atoms with van der Waals surface area (Å²) >= 11 is 9.56. The summed E-state index contributed by atoms with van der Waals surface area (Å²) < 4.78 is 79.9. The van der Waals surface area contributed by atoms with E-state index in [2.05, 4.69) is 42.2 Å². The second-order valence-corrected chi connectivity index (χ2v) is 20.3. The Morgan fingerprint density at radius 1 is 0.931 bits per heavy atom. The van der Waals surface area contributed by atoms with Gasteiger partial charge in [0.2, 0.25) is 0 Å². The van der Waals surface area contributed by atoms with Crippen LogP contribution in [0, 0.1) is 0 Å². The minimum atomic E-state index is -4.50. The van der Waals surface area contributed by atoms with E-state index in [0.717, 1.165) is 6.33 Å². The number of esters is 1. The largest absolute Gasteiger partial charge is 0.453 e. The number of hydrogen-bond donors (Lipinski definition) is 4. The van der Waals surface area contributed by atoms with Crippen molar-refractivity contribution in [1.29, 1.82) is 0 Å². The number of halogens is 1. The van der Waals surface area contributed by atoms with Crippen LogP contribution in [-0.4, -0.2) is 129 Å². The third kappa shape index (κ3) is 7.99. The van der Waals surface area contributed by atoms with Crippen molar-refractivity contribution in [2.24, 2.45) is 0 Å². The van der Waals surface area contributed by atoms with Gasteiger partial charge in [-0.1, -0.05) is 12.2 Å². The van der Waals surface area contributed by atoms with Crippen LogP contribution in [0.3, 0.4) is 0 Å². The number of alkyl halides is 1. The van der Waals surface area contributed by atoms with E-state index in [1.165, 1.54) is 33.0 Å². The number of nitrogens with zero attached hydrogens (tertiary/aromatic N) is 9. The number of carbonyl (C=O) groups is 2. The molecule has 4 aliphatic heterocycles. The summed E-state index contributed by atoms with van der Waals surface area (Å²) in [7, 11) is 0. The molecule has 4 aromatic rings. The van der Waals surface area contributed by atoms with Gasteiger partial charge in [-0.25, -0.2) is 48.4 Å². The molecule has 1 amide bonds. The lowest BCUT2D eigenvalue weighted by atomic mass is 10.1. The number of hydrogen-bond acceptors (Lipinski definition) is 20. The van der Waals surface area contributed by atoms with Gasteiger partial charge in [0, 0.05) is 6.54 Å². The minimum Gasteiger partial charge on any atom is -0.453 e. The van der Waals surface area contributed by atoms with Gasteiger partial charge in [0.05, 0.1) is 25.9 Å². The van der Waals surface area contributed by atoms with Crippen LogP contribution in [0.2, 0.25) is 0 Å². The van der Waals surface area contributed by atoms with Crippen molar-refractivity contribution < 1.29 is 60.5 Å². The second-order valence-electron chi connectivity index (χ2n) is 14.6. The van der Waals surface area contributed by atoms with Gasteiger partial charge in [0.1, 0.15) is 59.7 Å². The Labute approximate surface area is 338 Å². The monoisotopic (exact) mass is 889 g/mol. The first-order valence-corrected chi connectivity index (χ1v) is 23.0. The van der Waals surface area contributed by atoms with Crippen LogP contribution >= 0.6 is 25.8 Å². The maximum absolute atomic E-state index is 16.3. The molecule has 58 heavy (non-hydrogen) atoms. The predicted octanol–water partition coefficient (Wildman–Crippen LogP) is 2.35. The molecule has 8 heterocycles. The highest BCUT2D eigenvalue weighted by molar-refractivity contribution is 8.44. The summed E-state index contributed by atoms with van der Waals surface area (Å²) in [6, 6.07) is -1.08. The Kier molecular flexibility index (Phi) is 10.9. The summed E-state index contributed by atoms with van der Waals surface area (Å²) in [5, 5.41) is 0. The number of imidazole rings is 2. The first kappa shape index (κ1) is 41.1. The summed E-state index contributed by atoms with van der Waals surface area (Å²) in [6.07, 6.45) is -7.46. The molecular formula is C30H38FN11O12P2S2. The van der Waals surface area contributed by atoms with Gasteiger partial charge < -0.3 is 39.8 Å². The van der Waals surface area contributed by atoms with E-state index < -0.39 is 99.6 Å². The maximum Gasteiger partial charge on any atom is 0.411 e. The molecule has 0 aliphatic carbocycles. The molecule has 0 spiro atoms. The van der Waals surface area contributed by atoms with Crippen LogP contribution in [-0.2, 0) is 58.2 Å². The van der Waals surface area contributed by atoms with Gasteiger partial charge >= 0.3 is 25.6 Å². The van der Waals surface area contributed by atoms with E-state index in [9.17, 15) is 19.0 Å². The topological polar surface area (TPSA) is 288 Å². The zero-order valence-corrected chi connectivity index (χ0v) is 34.3. The van der Waals surface area contributed by atoms with Gasteiger partial charge in [-0.2, -0.15) is 0 Å². The summed E-state index contributed by atoms with van der Waals surface area (Å²) in [6.45, 7) is -4.93. The third-order valence-corrected chi connectivity index (χ3v) is 12.8. The molecule has 11 atom stereocenters. The lowest BCUT2D eigenvalue weighted by Gasteiger charge is -2.31. The number of thiol groups is 1. The van der Waals surface area contributed by atoms with Crippen molar-refractivity contribution in [3.8, 4) is 0 Å². The van der Waals surface area contributed by atoms with Crippen LogP contribution in [0.1, 0.15) is 46.1 Å². The van der Waals surface area contributed by atoms with Gasteiger partial charge in [-0.15, -0.1) is 0 Å². The highest BCUT2D eigenvalue weighted by Crippen LogP contribution is 2.59. The number of nitrogen functional groups attached to an aromatic ring is 2. The number of carbonyl (C=O) groups excluding carboxylic acids is 2. The quantitative estimate of drug-likeness (QED) is 0.130. The Morgan fingerprint density at radius 2 is 1.52 bits per heavy atom. The highest BCUT2D eigenvalue weighted by Gasteiger charge is 2.55. The Hall–Kier alpha value is -3.68. The Morgan fingerprint density at radius 3 is 2.16 bits per heavy atom. The number of rotatable bonds is 4. The molecule has 4 fully saturated rings. The number of amides is 1. The van der Waals surface area contributed by atoms with E-state index >= 15 is 4.39 Å². The molecule has 4 aromatic heterocycles. The number of anilines is 2. The predicted molar refractivity (Wildman–Crippen MR) is 203 cm³/mol. The summed E-state index contributed by atoms with van der Waals surface area (Å²) in [4.78, 5) is 64.7. The molecule has 5 N–H and O–H groups in total. The molecule has 0 saturated carbocycles. The van der Waals surface area contributed by atoms with Crippen molar-refractivity contribution in [2.45, 2.75) is 94.4 Å². The number of likely N-dealkylation sites (tertiary alicyclic amines) is 1. The van der Waals surface area contributed by atoms with E-state index in [1.54, 1.807) is 20.8 Å². The summed E-state index contributed by atoms with van der Waals surface area (Å²) in [5.41, 5.74) is 11.7. The van der Waals surface area contributed by atoms with E-state index in [1.807, 2.05) is 0 Å². The molecular weight excluding hydrogens is 851 g/mol. The standard InChI is InChI=1S/C30H38FN11O12P2S2/c1-30(2,3)52-29(44)40-6-4-5-13(40)28(43)51-21-20-15(50-27(21)42-12-39-18-23(33)35-10-37-25(18)42)8-48-55(45,57)53-19-14(7-47-56(46,58)54-20)49-26(16(19)31)41-11-38-17-22(32)34-9-36-24(17)41/h9-16,19-21,26-27H,4-8H2,1-3H3,(H,45,57)(H,46,58)(H2,32,34,36)(H2,33,35,37)/t13-,14-,15-,16-,19-,20-,21-,26-,27-,55?,56?/m1/s1. The highest BCUT2D eigenvalue weighted by atomic mass is 32.7. The molecule has 28 heteroatoms. The first-order chi connectivity index (χ1) is 27.4. The minimum absolute atomic E-state index is 0.0348. The van der Waals surface area contributed by atoms with Gasteiger partial charge in [-0.3, -0.25) is 27.6 Å². The lowest BCUT2D eigenvalue weighted by molar-refractivity contribution is -0.163. The molecule has 0 radical (unpaired) electrons. The SMILES string of the molecule is CC(C)(C)OC(=O)N1CCC[C@@H]1C(=O)O[C@@H]1[C@@H]2OP(O)(=S)OC[C@H]3O[C@@H](n4cnc5c(N)ncnc54)[C@H](F)[C@@H]3OP(=O)(S)OC[C@H]2O[C@H]1n1cnc2c(N)ncnc21. The fourth-order valence-electron chi connectivity index (χ4n) is 7.08. The van der Waals surface area contributed by atoms with Gasteiger partial charge in [0.25, 0.3) is 0 Å². The Balaban J connectivity index is 1.11. The van der Waals surface area contributed by atoms with Crippen molar-refractivity contribution in [2.75, 3.05) is 31.2 Å². The van der Waals surface area contributed by atoms with Crippen LogP contribution in [0.4, 0.5) is 20.8 Å². The number of nitrogens with two attached hydrogens (primary N) is 2. The average Bonchev–Trinajstić information content (AvgIpc) is 3.98. The zero-order valence-electron chi connectivity index (χ0n) is 30.8. The van der Waals surface area contributed by atoms with Gasteiger partial charge in [0.15, 0.2) is 47.7 Å². The van der Waals surface area contributed by atoms with Crippen molar-refractivity contribution in [3.05, 3.63) is 25.3 Å². The van der Waals surface area contributed by atoms with Crippen molar-refractivity contribution in [3.63, 3.8) is 0 Å². The lowest BCUT2D eigenvalue weighted by Crippen LogP contribution is -2.47. The molecule has 0 aromatic carbocycles. The maximum atomic E-state index is 16.3. The third-order valence-electron chi connectivity index (χ3n) is 9.59. The Bertz CT molecular complexity index is 2340. The van der Waals surface area contributed by atoms with E-state index in [0.29, 0.717) is 6.42 Å². The number of aromatic nitrogens is 8. The molecule has 8 rings (SSSR count). The fraction of sp³-hybridized carbons (Fsp3) is 0.600. The molecule has 4 aliphatic rings. The second kappa shape index (κ2) is 15.4. The van der Waals surface area contributed by atoms with Crippen molar-refractivity contribution >= 4 is 83.6 Å². The van der Waals surface area contributed by atoms with Crippen LogP contribution < -0.4 is 11.5 Å². The molecule has 23 nitrogen and oxygen atoms in total. The average molecular weight is 890 g/mol. The molecule has 314 valence electrons. The van der Waals surface area contributed by atoms with Crippen LogP contribution in [0.15, 0.2) is 25.3 Å². The first-order valence-electron chi connectivity index (χ1n) is 17.7. The molecule has 0 bridgehead atoms. The molecule has 2 unspecified atom stereocenters. The van der Waals surface area contributed by atoms with Crippen LogP contribution in [0.25, 0.3) is 22.3 Å². The van der Waals surface area contributed by atoms with E-state index in [-0.39, 0.29) is 46.9 Å². The number of ether oxygens (including phenoxy) is 4. The zero-order chi connectivity index (χ0) is 41.3. The number of fused-ring (bicyclic) bond motifs is 4. The van der Waals surface area contributed by atoms with Crippen LogP contribution in [0.5, 0.6) is 0 Å². The van der Waals surface area contributed by atoms with Gasteiger partial charge in [-0.05, 0) is 45.4 Å². The fourth-order valence-corrected chi connectivity index (χ4v) is 10.00.